The second-order valence-electron chi connectivity index (χ2n) is 12.7. The van der Waals surface area contributed by atoms with Crippen LogP contribution in [0.3, 0.4) is 0 Å². The summed E-state index contributed by atoms with van der Waals surface area (Å²) < 4.78 is -0.00915. The van der Waals surface area contributed by atoms with E-state index in [1.165, 1.54) is 96.3 Å². The first kappa shape index (κ1) is 40.3. The molecule has 0 aliphatic carbocycles. The van der Waals surface area contributed by atoms with Crippen molar-refractivity contribution in [2.24, 2.45) is 0 Å². The zero-order chi connectivity index (χ0) is 31.2. The maximum atomic E-state index is 12.0. The molecule has 0 rings (SSSR count). The van der Waals surface area contributed by atoms with E-state index in [0.717, 1.165) is 45.1 Å². The van der Waals surface area contributed by atoms with Gasteiger partial charge in [0.1, 0.15) is 6.54 Å². The van der Waals surface area contributed by atoms with Crippen molar-refractivity contribution in [1.29, 1.82) is 0 Å². The maximum absolute atomic E-state index is 12.0. The molecule has 0 saturated heterocycles. The summed E-state index contributed by atoms with van der Waals surface area (Å²) in [5.41, 5.74) is 0. The van der Waals surface area contributed by atoms with Gasteiger partial charge in [-0.15, -0.1) is 0 Å². The van der Waals surface area contributed by atoms with Gasteiger partial charge in [-0.05, 0) is 25.7 Å². The lowest BCUT2D eigenvalue weighted by Gasteiger charge is -2.18. The standard InChI is InChI=1S/C34H68N4O4/c1-4-5-6-7-8-9-10-11-12-13-14-15-16-17-18-19-22-25-32(39)36-29-30-37-34(41)27-26-33(40)35-28-23-20-21-24-31-38(2,3)42/h42H,4-31H2,1-3H3,(H2-,35,36,37,39,40,41)/p+1. The van der Waals surface area contributed by atoms with Crippen LogP contribution in [0.25, 0.3) is 0 Å². The Kier molecular flexibility index (Phi) is 28.2. The number of hydroxylamine groups is 3. The molecule has 248 valence electrons. The van der Waals surface area contributed by atoms with Crippen LogP contribution in [0, 0.1) is 0 Å². The van der Waals surface area contributed by atoms with Gasteiger partial charge in [-0.25, -0.2) is 5.21 Å². The second kappa shape index (κ2) is 29.4. The van der Waals surface area contributed by atoms with E-state index in [4.69, 9.17) is 0 Å². The molecule has 0 saturated carbocycles. The van der Waals surface area contributed by atoms with Crippen molar-refractivity contribution in [2.75, 3.05) is 40.3 Å². The van der Waals surface area contributed by atoms with Crippen LogP contribution in [0.15, 0.2) is 0 Å². The molecule has 0 aromatic heterocycles. The summed E-state index contributed by atoms with van der Waals surface area (Å²) in [6, 6.07) is 0. The largest absolute Gasteiger partial charge is 0.356 e. The highest BCUT2D eigenvalue weighted by atomic mass is 16.5. The molecule has 0 spiro atoms. The Hall–Kier alpha value is -1.67. The zero-order valence-electron chi connectivity index (χ0n) is 27.9. The highest BCUT2D eigenvalue weighted by molar-refractivity contribution is 5.83. The molecule has 0 bridgehead atoms. The van der Waals surface area contributed by atoms with Gasteiger partial charge in [0.15, 0.2) is 0 Å². The number of carbonyl (C=O) groups is 3. The number of rotatable bonds is 31. The third-order valence-electron chi connectivity index (χ3n) is 7.81. The predicted molar refractivity (Wildman–Crippen MR) is 174 cm³/mol. The van der Waals surface area contributed by atoms with Crippen molar-refractivity contribution < 1.29 is 24.2 Å². The summed E-state index contributed by atoms with van der Waals surface area (Å²) in [4.78, 5) is 35.8. The fourth-order valence-electron chi connectivity index (χ4n) is 5.11. The smallest absolute Gasteiger partial charge is 0.220 e. The van der Waals surface area contributed by atoms with E-state index in [-0.39, 0.29) is 35.2 Å². The van der Waals surface area contributed by atoms with Crippen LogP contribution in [0.4, 0.5) is 0 Å². The van der Waals surface area contributed by atoms with Gasteiger partial charge in [-0.1, -0.05) is 116 Å². The van der Waals surface area contributed by atoms with Crippen molar-refractivity contribution in [3.63, 3.8) is 0 Å². The van der Waals surface area contributed by atoms with Gasteiger partial charge in [0.05, 0.1) is 14.1 Å². The van der Waals surface area contributed by atoms with Crippen LogP contribution >= 0.6 is 0 Å². The lowest BCUT2D eigenvalue weighted by atomic mass is 10.0. The fraction of sp³-hybridized carbons (Fsp3) is 0.912. The number of nitrogens with one attached hydrogen (secondary N) is 3. The zero-order valence-corrected chi connectivity index (χ0v) is 27.9. The molecule has 8 nitrogen and oxygen atoms in total. The summed E-state index contributed by atoms with van der Waals surface area (Å²) in [6.07, 6.45) is 27.3. The van der Waals surface area contributed by atoms with Crippen LogP contribution in [0.2, 0.25) is 0 Å². The third kappa shape index (κ3) is 32.8. The molecular formula is C34H69N4O4+. The summed E-state index contributed by atoms with van der Waals surface area (Å²) in [7, 11) is 3.52. The lowest BCUT2D eigenvalue weighted by molar-refractivity contribution is -1.07. The van der Waals surface area contributed by atoms with Crippen LogP contribution in [0.5, 0.6) is 0 Å². The number of unbranched alkanes of at least 4 members (excludes halogenated alkanes) is 19. The molecule has 0 aliphatic heterocycles. The monoisotopic (exact) mass is 598 g/mol. The molecular weight excluding hydrogens is 528 g/mol. The fourth-order valence-corrected chi connectivity index (χ4v) is 5.11. The van der Waals surface area contributed by atoms with Gasteiger partial charge >= 0.3 is 0 Å². The number of quaternary nitrogens is 1. The molecule has 0 aromatic carbocycles. The number of hydrogen-bond donors (Lipinski definition) is 4. The van der Waals surface area contributed by atoms with E-state index in [9.17, 15) is 19.6 Å². The minimum absolute atomic E-state index is 0.00915. The van der Waals surface area contributed by atoms with Gasteiger partial charge in [-0.3, -0.25) is 14.4 Å². The summed E-state index contributed by atoms with van der Waals surface area (Å²) in [5, 5.41) is 18.1. The van der Waals surface area contributed by atoms with Crippen molar-refractivity contribution in [2.45, 2.75) is 161 Å². The molecule has 0 fully saturated rings. The highest BCUT2D eigenvalue weighted by Gasteiger charge is 2.09. The Morgan fingerprint density at radius 2 is 0.786 bits per heavy atom. The summed E-state index contributed by atoms with van der Waals surface area (Å²) in [6.45, 7) is 4.42. The quantitative estimate of drug-likeness (QED) is 0.0386. The Morgan fingerprint density at radius 3 is 1.21 bits per heavy atom. The molecule has 0 aromatic rings. The van der Waals surface area contributed by atoms with Gasteiger partial charge in [0.2, 0.25) is 17.7 Å². The minimum Gasteiger partial charge on any atom is -0.356 e. The van der Waals surface area contributed by atoms with E-state index in [2.05, 4.69) is 22.9 Å². The molecule has 0 atom stereocenters. The Labute approximate surface area is 259 Å². The number of nitrogens with zero attached hydrogens (tertiary/aromatic N) is 1. The third-order valence-corrected chi connectivity index (χ3v) is 7.81. The van der Waals surface area contributed by atoms with Crippen molar-refractivity contribution >= 4 is 17.7 Å². The molecule has 0 radical (unpaired) electrons. The van der Waals surface area contributed by atoms with Crippen LogP contribution in [0.1, 0.15) is 161 Å². The molecule has 42 heavy (non-hydrogen) atoms. The van der Waals surface area contributed by atoms with E-state index in [1.807, 2.05) is 0 Å². The van der Waals surface area contributed by atoms with Crippen LogP contribution < -0.4 is 16.0 Å². The van der Waals surface area contributed by atoms with E-state index < -0.39 is 0 Å². The molecule has 0 heterocycles. The SMILES string of the molecule is CCCCCCCCCCCCCCCCCCCC(=O)NCCNC(=O)CCC(=O)NCCCCCC[N+](C)(C)O. The maximum Gasteiger partial charge on any atom is 0.220 e. The topological polar surface area (TPSA) is 108 Å². The number of carbonyl (C=O) groups excluding carboxylic acids is 3. The molecule has 4 N–H and O–H groups in total. The number of hydrogen-bond acceptors (Lipinski definition) is 4. The molecule has 0 unspecified atom stereocenters. The van der Waals surface area contributed by atoms with Gasteiger partial charge in [0, 0.05) is 38.9 Å². The van der Waals surface area contributed by atoms with Gasteiger partial charge in [0.25, 0.3) is 0 Å². The van der Waals surface area contributed by atoms with Crippen molar-refractivity contribution in [1.82, 2.24) is 16.0 Å². The first-order valence-corrected chi connectivity index (χ1v) is 17.6. The molecule has 3 amide bonds. The predicted octanol–water partition coefficient (Wildman–Crippen LogP) is 7.18. The van der Waals surface area contributed by atoms with Crippen LogP contribution in [-0.2, 0) is 14.4 Å². The summed E-state index contributed by atoms with van der Waals surface area (Å²) in [5.74, 6) is -0.235. The van der Waals surface area contributed by atoms with Crippen molar-refractivity contribution in [3.8, 4) is 0 Å². The van der Waals surface area contributed by atoms with Gasteiger partial charge < -0.3 is 16.0 Å². The molecule has 0 aliphatic rings. The lowest BCUT2D eigenvalue weighted by Crippen LogP contribution is -2.36. The number of amides is 3. The van der Waals surface area contributed by atoms with Gasteiger partial charge in [-0.2, -0.15) is 4.65 Å². The molecule has 8 heteroatoms. The first-order valence-electron chi connectivity index (χ1n) is 17.6. The Bertz CT molecular complexity index is 652. The Morgan fingerprint density at radius 1 is 0.452 bits per heavy atom. The normalized spacial score (nSPS) is 11.4. The van der Waals surface area contributed by atoms with E-state index in [1.54, 1.807) is 14.1 Å². The second-order valence-corrected chi connectivity index (χ2v) is 12.7. The van der Waals surface area contributed by atoms with E-state index in [0.29, 0.717) is 26.1 Å². The first-order chi connectivity index (χ1) is 20.2. The Balaban J connectivity index is 3.38. The van der Waals surface area contributed by atoms with Crippen molar-refractivity contribution in [3.05, 3.63) is 0 Å². The van der Waals surface area contributed by atoms with E-state index >= 15 is 0 Å². The van der Waals surface area contributed by atoms with Crippen LogP contribution in [-0.4, -0.2) is 67.8 Å². The minimum atomic E-state index is -0.169. The average Bonchev–Trinajstić information content (AvgIpc) is 2.94. The summed E-state index contributed by atoms with van der Waals surface area (Å²) >= 11 is 0. The average molecular weight is 598 g/mol. The highest BCUT2D eigenvalue weighted by Crippen LogP contribution is 2.14.